The summed E-state index contributed by atoms with van der Waals surface area (Å²) in [6.45, 7) is 3.66. The van der Waals surface area contributed by atoms with Gasteiger partial charge < -0.3 is 5.32 Å². The summed E-state index contributed by atoms with van der Waals surface area (Å²) >= 11 is 3.45. The van der Waals surface area contributed by atoms with E-state index in [4.69, 9.17) is 0 Å². The van der Waals surface area contributed by atoms with Crippen LogP contribution < -0.4 is 5.32 Å². The summed E-state index contributed by atoms with van der Waals surface area (Å²) in [6, 6.07) is 10.5. The molecule has 1 N–H and O–H groups in total. The van der Waals surface area contributed by atoms with Crippen LogP contribution in [0.25, 0.3) is 11.0 Å². The van der Waals surface area contributed by atoms with Crippen LogP contribution in [0.2, 0.25) is 0 Å². The predicted molar refractivity (Wildman–Crippen MR) is 87.9 cm³/mol. The fourth-order valence-electron chi connectivity index (χ4n) is 2.40. The molecule has 1 aromatic carbocycles. The molecule has 2 aromatic heterocycles. The average Bonchev–Trinajstić information content (AvgIpc) is 2.76. The Balaban J connectivity index is 1.68. The van der Waals surface area contributed by atoms with E-state index < -0.39 is 0 Å². The number of benzene rings is 1. The third-order valence-electron chi connectivity index (χ3n) is 3.49. The van der Waals surface area contributed by atoms with Gasteiger partial charge >= 0.3 is 0 Å². The van der Waals surface area contributed by atoms with Gasteiger partial charge in [0.05, 0.1) is 5.69 Å². The van der Waals surface area contributed by atoms with Crippen LogP contribution in [0.4, 0.5) is 0 Å². The van der Waals surface area contributed by atoms with Crippen LogP contribution in [0.15, 0.2) is 41.0 Å². The van der Waals surface area contributed by atoms with Crippen molar-refractivity contribution in [2.24, 2.45) is 7.05 Å². The second-order valence-electron chi connectivity index (χ2n) is 5.15. The van der Waals surface area contributed by atoms with Crippen LogP contribution in [0, 0.1) is 6.92 Å². The Morgan fingerprint density at radius 3 is 2.62 bits per heavy atom. The Hall–Kier alpha value is -1.72. The van der Waals surface area contributed by atoms with Gasteiger partial charge in [-0.2, -0.15) is 5.10 Å². The van der Waals surface area contributed by atoms with E-state index in [1.54, 1.807) is 0 Å². The van der Waals surface area contributed by atoms with Gasteiger partial charge in [0.25, 0.3) is 0 Å². The number of halogens is 1. The van der Waals surface area contributed by atoms with Crippen LogP contribution in [-0.2, 0) is 20.1 Å². The first-order valence-corrected chi connectivity index (χ1v) is 7.66. The van der Waals surface area contributed by atoms with Gasteiger partial charge in [0.1, 0.15) is 0 Å². The maximum absolute atomic E-state index is 4.49. The Kier molecular flexibility index (Phi) is 4.03. The van der Waals surface area contributed by atoms with Gasteiger partial charge in [-0.1, -0.05) is 28.1 Å². The smallest absolute Gasteiger partial charge is 0.157 e. The Bertz CT molecular complexity index is 762. The minimum atomic E-state index is 0.799. The molecule has 0 amide bonds. The molecule has 4 nitrogen and oxygen atoms in total. The van der Waals surface area contributed by atoms with Gasteiger partial charge in [-0.15, -0.1) is 0 Å². The Morgan fingerprint density at radius 2 is 1.86 bits per heavy atom. The third kappa shape index (κ3) is 3.14. The number of rotatable bonds is 4. The molecule has 0 aliphatic heterocycles. The molecule has 0 aliphatic carbocycles. The van der Waals surface area contributed by atoms with Crippen LogP contribution >= 0.6 is 15.9 Å². The van der Waals surface area contributed by atoms with E-state index in [0.29, 0.717) is 0 Å². The van der Waals surface area contributed by atoms with Crippen LogP contribution in [0.5, 0.6) is 0 Å². The lowest BCUT2D eigenvalue weighted by Gasteiger charge is -2.05. The number of aryl methyl sites for hydroxylation is 2. The minimum Gasteiger partial charge on any atom is -0.309 e. The quantitative estimate of drug-likeness (QED) is 0.789. The van der Waals surface area contributed by atoms with Gasteiger partial charge in [-0.25, -0.2) is 4.98 Å². The molecule has 5 heteroatoms. The first-order chi connectivity index (χ1) is 10.1. The molecule has 3 aromatic rings. The van der Waals surface area contributed by atoms with E-state index in [2.05, 4.69) is 61.7 Å². The van der Waals surface area contributed by atoms with Crippen molar-refractivity contribution >= 4 is 27.0 Å². The second-order valence-corrected chi connectivity index (χ2v) is 6.07. The Labute approximate surface area is 132 Å². The van der Waals surface area contributed by atoms with Crippen molar-refractivity contribution < 1.29 is 0 Å². The summed E-state index contributed by atoms with van der Waals surface area (Å²) in [5, 5.41) is 8.97. The largest absolute Gasteiger partial charge is 0.309 e. The number of hydrogen-bond donors (Lipinski definition) is 1. The zero-order valence-electron chi connectivity index (χ0n) is 12.1. The summed E-state index contributed by atoms with van der Waals surface area (Å²) in [5.74, 6) is 0. The highest BCUT2D eigenvalue weighted by atomic mass is 79.9. The third-order valence-corrected chi connectivity index (χ3v) is 4.02. The molecular weight excluding hydrogens is 328 g/mol. The van der Waals surface area contributed by atoms with Gasteiger partial charge in [-0.05, 0) is 36.2 Å². The second kappa shape index (κ2) is 5.95. The van der Waals surface area contributed by atoms with Crippen molar-refractivity contribution in [2.75, 3.05) is 0 Å². The summed E-state index contributed by atoms with van der Waals surface area (Å²) in [6.07, 6.45) is 1.91. The van der Waals surface area contributed by atoms with Crippen molar-refractivity contribution in [1.82, 2.24) is 20.1 Å². The summed E-state index contributed by atoms with van der Waals surface area (Å²) in [7, 11) is 1.92. The van der Waals surface area contributed by atoms with Crippen LogP contribution in [0.3, 0.4) is 0 Å². The molecule has 108 valence electrons. The van der Waals surface area contributed by atoms with Gasteiger partial charge in [0.15, 0.2) is 5.65 Å². The van der Waals surface area contributed by atoms with Crippen LogP contribution in [0.1, 0.15) is 16.8 Å². The normalized spacial score (nSPS) is 11.2. The highest BCUT2D eigenvalue weighted by molar-refractivity contribution is 9.10. The number of nitrogens with one attached hydrogen (secondary N) is 1. The van der Waals surface area contributed by atoms with Crippen LogP contribution in [-0.4, -0.2) is 14.8 Å². The highest BCUT2D eigenvalue weighted by Gasteiger charge is 2.06. The summed E-state index contributed by atoms with van der Waals surface area (Å²) in [4.78, 5) is 4.49. The molecule has 0 fully saturated rings. The molecule has 0 radical (unpaired) electrons. The standard InChI is InChI=1S/C16H17BrN4/c1-11-15-7-13(10-19-16(15)21(2)20-11)9-18-8-12-3-5-14(17)6-4-12/h3-7,10,18H,8-9H2,1-2H3. The molecule has 0 saturated heterocycles. The number of fused-ring (bicyclic) bond motifs is 1. The molecular formula is C16H17BrN4. The van der Waals surface area contributed by atoms with Crippen molar-refractivity contribution in [3.8, 4) is 0 Å². The van der Waals surface area contributed by atoms with Crippen molar-refractivity contribution in [3.63, 3.8) is 0 Å². The molecule has 0 bridgehead atoms. The van der Waals surface area contributed by atoms with Crippen molar-refractivity contribution in [2.45, 2.75) is 20.0 Å². The summed E-state index contributed by atoms with van der Waals surface area (Å²) < 4.78 is 2.93. The lowest BCUT2D eigenvalue weighted by molar-refractivity contribution is 0.692. The lowest BCUT2D eigenvalue weighted by atomic mass is 10.2. The molecule has 0 spiro atoms. The van der Waals surface area contributed by atoms with Gasteiger partial charge in [0, 0.05) is 36.2 Å². The van der Waals surface area contributed by atoms with E-state index in [-0.39, 0.29) is 0 Å². The fraction of sp³-hybridized carbons (Fsp3) is 0.250. The SMILES string of the molecule is Cc1nn(C)c2ncc(CNCc3ccc(Br)cc3)cc12. The van der Waals surface area contributed by atoms with Gasteiger partial charge in [0.2, 0.25) is 0 Å². The van der Waals surface area contributed by atoms with Gasteiger partial charge in [-0.3, -0.25) is 4.68 Å². The Morgan fingerprint density at radius 1 is 1.14 bits per heavy atom. The summed E-state index contributed by atoms with van der Waals surface area (Å²) in [5.41, 5.74) is 4.40. The van der Waals surface area contributed by atoms with E-state index >= 15 is 0 Å². The molecule has 0 saturated carbocycles. The first kappa shape index (κ1) is 14.2. The molecule has 3 rings (SSSR count). The fourth-order valence-corrected chi connectivity index (χ4v) is 2.67. The van der Waals surface area contributed by atoms with E-state index in [1.807, 2.05) is 24.9 Å². The molecule has 0 atom stereocenters. The number of nitrogens with zero attached hydrogens (tertiary/aromatic N) is 3. The monoisotopic (exact) mass is 344 g/mol. The van der Waals surface area contributed by atoms with Crippen molar-refractivity contribution in [1.29, 1.82) is 0 Å². The van der Waals surface area contributed by atoms with Crippen molar-refractivity contribution in [3.05, 3.63) is 57.8 Å². The zero-order valence-corrected chi connectivity index (χ0v) is 13.7. The molecule has 2 heterocycles. The maximum atomic E-state index is 4.49. The highest BCUT2D eigenvalue weighted by Crippen LogP contribution is 2.16. The average molecular weight is 345 g/mol. The minimum absolute atomic E-state index is 0.799. The first-order valence-electron chi connectivity index (χ1n) is 6.87. The van der Waals surface area contributed by atoms with E-state index in [9.17, 15) is 0 Å². The zero-order chi connectivity index (χ0) is 14.8. The van der Waals surface area contributed by atoms with E-state index in [1.165, 1.54) is 11.1 Å². The predicted octanol–water partition coefficient (Wildman–Crippen LogP) is 3.33. The topological polar surface area (TPSA) is 42.7 Å². The molecule has 21 heavy (non-hydrogen) atoms. The lowest BCUT2D eigenvalue weighted by Crippen LogP contribution is -2.12. The number of aromatic nitrogens is 3. The number of hydrogen-bond acceptors (Lipinski definition) is 3. The molecule has 0 unspecified atom stereocenters. The number of pyridine rings is 1. The molecule has 0 aliphatic rings. The van der Waals surface area contributed by atoms with E-state index in [0.717, 1.165) is 34.3 Å². The maximum Gasteiger partial charge on any atom is 0.157 e.